The molecule has 6 heteroatoms. The van der Waals surface area contributed by atoms with E-state index in [0.29, 0.717) is 23.6 Å². The average molecular weight is 574 g/mol. The zero-order valence-corrected chi connectivity index (χ0v) is 25.0. The van der Waals surface area contributed by atoms with Gasteiger partial charge in [-0.15, -0.1) is 0 Å². The molecule has 4 aromatic carbocycles. The number of fused-ring (bicyclic) bond motifs is 3. The van der Waals surface area contributed by atoms with E-state index in [0.717, 1.165) is 51.1 Å². The topological polar surface area (TPSA) is 45.2 Å². The molecule has 0 bridgehead atoms. The number of ether oxygens (including phenoxy) is 2. The predicted molar refractivity (Wildman–Crippen MR) is 171 cm³/mol. The van der Waals surface area contributed by atoms with Crippen molar-refractivity contribution >= 4 is 17.3 Å². The summed E-state index contributed by atoms with van der Waals surface area (Å²) in [6, 6.07) is 34.0. The molecular weight excluding hydrogens is 534 g/mol. The molecule has 1 fully saturated rings. The van der Waals surface area contributed by atoms with Gasteiger partial charge in [0.15, 0.2) is 11.5 Å². The van der Waals surface area contributed by atoms with E-state index in [4.69, 9.17) is 9.47 Å². The Morgan fingerprint density at radius 3 is 2.26 bits per heavy atom. The summed E-state index contributed by atoms with van der Waals surface area (Å²) in [6.45, 7) is 4.90. The number of para-hydroxylation sites is 2. The minimum atomic E-state index is -0.0177. The lowest BCUT2D eigenvalue weighted by atomic mass is 9.74. The molecule has 220 valence electrons. The highest BCUT2D eigenvalue weighted by atomic mass is 16.5. The third kappa shape index (κ3) is 4.94. The van der Waals surface area contributed by atoms with Gasteiger partial charge in [0.05, 0.1) is 20.3 Å². The highest BCUT2D eigenvalue weighted by molar-refractivity contribution is 6.07. The minimum absolute atomic E-state index is 0.0177. The smallest absolute Gasteiger partial charge is 0.258 e. The van der Waals surface area contributed by atoms with Crippen molar-refractivity contribution in [3.8, 4) is 11.5 Å². The lowest BCUT2D eigenvalue weighted by molar-refractivity contribution is 0.0983. The first kappa shape index (κ1) is 27.5. The molecule has 1 saturated heterocycles. The molecule has 0 saturated carbocycles. The summed E-state index contributed by atoms with van der Waals surface area (Å²) in [4.78, 5) is 21.1. The van der Waals surface area contributed by atoms with Crippen molar-refractivity contribution < 1.29 is 14.3 Å². The number of rotatable bonds is 6. The van der Waals surface area contributed by atoms with Gasteiger partial charge in [0.2, 0.25) is 0 Å². The van der Waals surface area contributed by atoms with Crippen molar-refractivity contribution in [3.05, 3.63) is 119 Å². The fourth-order valence-corrected chi connectivity index (χ4v) is 7.56. The molecule has 3 aliphatic rings. The third-order valence-corrected chi connectivity index (χ3v) is 9.78. The number of amides is 1. The van der Waals surface area contributed by atoms with Crippen LogP contribution in [0.3, 0.4) is 0 Å². The van der Waals surface area contributed by atoms with Crippen LogP contribution in [0.25, 0.3) is 0 Å². The molecule has 1 amide bonds. The molecule has 7 rings (SSSR count). The van der Waals surface area contributed by atoms with Gasteiger partial charge < -0.3 is 19.3 Å². The number of piperidine rings is 1. The van der Waals surface area contributed by atoms with E-state index in [1.807, 2.05) is 17.0 Å². The summed E-state index contributed by atoms with van der Waals surface area (Å²) in [5, 5.41) is 0. The van der Waals surface area contributed by atoms with E-state index in [2.05, 4.69) is 82.6 Å². The summed E-state index contributed by atoms with van der Waals surface area (Å²) in [6.07, 6.45) is 3.19. The Morgan fingerprint density at radius 2 is 1.49 bits per heavy atom. The Labute approximate surface area is 254 Å². The Kier molecular flexibility index (Phi) is 7.31. The van der Waals surface area contributed by atoms with Crippen molar-refractivity contribution in [2.24, 2.45) is 0 Å². The number of nitrogens with zero attached hydrogens (tertiary/aromatic N) is 3. The first-order chi connectivity index (χ1) is 21.1. The van der Waals surface area contributed by atoms with Crippen LogP contribution >= 0.6 is 0 Å². The van der Waals surface area contributed by atoms with Crippen molar-refractivity contribution in [2.75, 3.05) is 50.2 Å². The van der Waals surface area contributed by atoms with Gasteiger partial charge in [-0.1, -0.05) is 66.7 Å². The van der Waals surface area contributed by atoms with Crippen molar-refractivity contribution in [2.45, 2.75) is 37.3 Å². The van der Waals surface area contributed by atoms with Gasteiger partial charge in [-0.3, -0.25) is 9.69 Å². The Hall–Kier alpha value is -4.29. The molecule has 1 unspecified atom stereocenters. The molecule has 6 nitrogen and oxygen atoms in total. The number of benzene rings is 4. The molecule has 4 aromatic rings. The second-order valence-electron chi connectivity index (χ2n) is 12.1. The largest absolute Gasteiger partial charge is 0.493 e. The van der Waals surface area contributed by atoms with Gasteiger partial charge in [-0.2, -0.15) is 0 Å². The summed E-state index contributed by atoms with van der Waals surface area (Å²) >= 11 is 0. The van der Waals surface area contributed by atoms with Crippen LogP contribution in [0.5, 0.6) is 11.5 Å². The van der Waals surface area contributed by atoms with Gasteiger partial charge in [-0.05, 0) is 79.4 Å². The zero-order valence-electron chi connectivity index (χ0n) is 25.0. The van der Waals surface area contributed by atoms with Crippen LogP contribution in [0.1, 0.15) is 52.4 Å². The maximum Gasteiger partial charge on any atom is 0.258 e. The number of anilines is 2. The summed E-state index contributed by atoms with van der Waals surface area (Å²) < 4.78 is 10.9. The maximum atomic E-state index is 13.9. The number of methoxy groups -OCH3 is 2. The minimum Gasteiger partial charge on any atom is -0.493 e. The molecule has 3 aliphatic heterocycles. The number of likely N-dealkylation sites (tertiary alicyclic amines) is 1. The van der Waals surface area contributed by atoms with Crippen molar-refractivity contribution in [1.82, 2.24) is 4.90 Å². The fourth-order valence-electron chi connectivity index (χ4n) is 7.56. The van der Waals surface area contributed by atoms with Crippen LogP contribution in [-0.2, 0) is 12.0 Å². The number of carbonyl (C=O) groups excluding carboxylic acids is 1. The Bertz CT molecular complexity index is 1610. The molecule has 0 aromatic heterocycles. The van der Waals surface area contributed by atoms with E-state index in [9.17, 15) is 4.79 Å². The van der Waals surface area contributed by atoms with Gasteiger partial charge in [-0.25, -0.2) is 0 Å². The Balaban J connectivity index is 1.15. The number of hydrogen-bond donors (Lipinski definition) is 0. The van der Waals surface area contributed by atoms with Gasteiger partial charge in [0.1, 0.15) is 0 Å². The standard InChI is InChI=1S/C37H39N3O3/c1-42-34-17-16-28(24-35(34)43-2)36(41)39-21-18-32(29-12-6-8-14-31(29)39)40-26-37(30-13-7-9-15-33(30)40)19-22-38(23-20-37)25-27-10-4-3-5-11-27/h3-17,24,32H,18-23,25-26H2,1-2H3. The summed E-state index contributed by atoms with van der Waals surface area (Å²) in [5.41, 5.74) is 7.21. The molecule has 0 radical (unpaired) electrons. The Morgan fingerprint density at radius 1 is 0.791 bits per heavy atom. The second kappa shape index (κ2) is 11.4. The first-order valence-electron chi connectivity index (χ1n) is 15.4. The quantitative estimate of drug-likeness (QED) is 0.253. The molecule has 0 N–H and O–H groups in total. The van der Waals surface area contributed by atoms with Crippen LogP contribution in [0, 0.1) is 0 Å². The number of carbonyl (C=O) groups is 1. The normalized spacial score (nSPS) is 19.2. The van der Waals surface area contributed by atoms with E-state index >= 15 is 0 Å². The van der Waals surface area contributed by atoms with Crippen LogP contribution in [0.4, 0.5) is 11.4 Å². The third-order valence-electron chi connectivity index (χ3n) is 9.78. The predicted octanol–water partition coefficient (Wildman–Crippen LogP) is 6.85. The highest BCUT2D eigenvalue weighted by Gasteiger charge is 2.47. The van der Waals surface area contributed by atoms with Gasteiger partial charge in [0.25, 0.3) is 5.91 Å². The lowest BCUT2D eigenvalue weighted by Crippen LogP contribution is -2.46. The lowest BCUT2D eigenvalue weighted by Gasteiger charge is -2.43. The van der Waals surface area contributed by atoms with Gasteiger partial charge in [0, 0.05) is 42.0 Å². The SMILES string of the molecule is COc1ccc(C(=O)N2CCC(N3CC4(CCN(Cc5ccccc5)CC4)c4ccccc43)c3ccccc32)cc1OC. The van der Waals surface area contributed by atoms with E-state index in [1.54, 1.807) is 26.4 Å². The van der Waals surface area contributed by atoms with Crippen molar-refractivity contribution in [3.63, 3.8) is 0 Å². The molecule has 1 atom stereocenters. The zero-order chi connectivity index (χ0) is 29.4. The van der Waals surface area contributed by atoms with Crippen LogP contribution < -0.4 is 19.3 Å². The highest BCUT2D eigenvalue weighted by Crippen LogP contribution is 2.52. The second-order valence-corrected chi connectivity index (χ2v) is 12.1. The van der Waals surface area contributed by atoms with E-state index in [-0.39, 0.29) is 17.4 Å². The maximum absolute atomic E-state index is 13.9. The number of hydrogen-bond acceptors (Lipinski definition) is 5. The van der Waals surface area contributed by atoms with Crippen LogP contribution in [-0.4, -0.2) is 51.2 Å². The fraction of sp³-hybridized carbons (Fsp3) is 0.324. The monoisotopic (exact) mass is 573 g/mol. The summed E-state index contributed by atoms with van der Waals surface area (Å²) in [5.74, 6) is 1.16. The van der Waals surface area contributed by atoms with Crippen LogP contribution in [0.15, 0.2) is 97.1 Å². The van der Waals surface area contributed by atoms with E-state index in [1.165, 1.54) is 22.4 Å². The summed E-state index contributed by atoms with van der Waals surface area (Å²) in [7, 11) is 3.20. The van der Waals surface area contributed by atoms with E-state index < -0.39 is 0 Å². The van der Waals surface area contributed by atoms with Crippen molar-refractivity contribution in [1.29, 1.82) is 0 Å². The average Bonchev–Trinajstić information content (AvgIpc) is 3.38. The molecular formula is C37H39N3O3. The molecule has 0 aliphatic carbocycles. The van der Waals surface area contributed by atoms with Gasteiger partial charge >= 0.3 is 0 Å². The molecule has 1 spiro atoms. The molecule has 3 heterocycles. The van der Waals surface area contributed by atoms with Crippen LogP contribution in [0.2, 0.25) is 0 Å². The molecule has 43 heavy (non-hydrogen) atoms. The first-order valence-corrected chi connectivity index (χ1v) is 15.4.